The Morgan fingerprint density at radius 3 is 2.18 bits per heavy atom. The molecule has 1 saturated heterocycles. The Balaban J connectivity index is 2.73. The van der Waals surface area contributed by atoms with Crippen LogP contribution < -0.4 is 4.72 Å². The van der Waals surface area contributed by atoms with Crippen LogP contribution in [-0.2, 0) is 19.9 Å². The first-order valence-corrected chi connectivity index (χ1v) is 9.16. The highest BCUT2D eigenvalue weighted by Gasteiger charge is 2.39. The fraction of sp³-hybridized carbons (Fsp3) is 1.00. The van der Waals surface area contributed by atoms with Gasteiger partial charge in [-0.25, -0.2) is 21.6 Å². The zero-order valence-corrected chi connectivity index (χ0v) is 12.5. The Morgan fingerprint density at radius 2 is 1.82 bits per heavy atom. The highest BCUT2D eigenvalue weighted by Crippen LogP contribution is 2.21. The van der Waals surface area contributed by atoms with E-state index < -0.39 is 31.3 Å². The van der Waals surface area contributed by atoms with E-state index in [1.165, 1.54) is 0 Å². The highest BCUT2D eigenvalue weighted by molar-refractivity contribution is 7.92. The second-order valence-electron chi connectivity index (χ2n) is 5.64. The molecular formula is C9H18ClNO4S2. The molecule has 102 valence electrons. The van der Waals surface area contributed by atoms with Crippen molar-refractivity contribution in [1.29, 1.82) is 0 Å². The molecule has 1 aliphatic heterocycles. The Labute approximate surface area is 108 Å². The van der Waals surface area contributed by atoms with Crippen LogP contribution in [0.4, 0.5) is 0 Å². The Bertz CT molecular complexity index is 478. The van der Waals surface area contributed by atoms with Gasteiger partial charge in [-0.05, 0) is 5.41 Å². The lowest BCUT2D eigenvalue weighted by molar-refractivity contribution is 0.455. The number of alkyl halides is 1. The Morgan fingerprint density at radius 1 is 1.29 bits per heavy atom. The second kappa shape index (κ2) is 4.68. The highest BCUT2D eigenvalue weighted by atomic mass is 35.5. The first kappa shape index (κ1) is 15.2. The van der Waals surface area contributed by atoms with Crippen molar-refractivity contribution in [2.75, 3.05) is 17.3 Å². The molecule has 5 nitrogen and oxygen atoms in total. The van der Waals surface area contributed by atoms with E-state index in [0.717, 1.165) is 0 Å². The van der Waals surface area contributed by atoms with Gasteiger partial charge in [0.1, 0.15) is 0 Å². The minimum atomic E-state index is -3.50. The van der Waals surface area contributed by atoms with Crippen LogP contribution in [-0.4, -0.2) is 45.5 Å². The molecule has 1 aliphatic rings. The summed E-state index contributed by atoms with van der Waals surface area (Å²) in [5, 5.41) is -0.685. The molecule has 0 amide bonds. The number of sulfonamides is 1. The van der Waals surface area contributed by atoms with Crippen molar-refractivity contribution in [3.63, 3.8) is 0 Å². The molecule has 8 heteroatoms. The van der Waals surface area contributed by atoms with Gasteiger partial charge in [-0.3, -0.25) is 0 Å². The van der Waals surface area contributed by atoms with Crippen molar-refractivity contribution in [3.05, 3.63) is 0 Å². The lowest BCUT2D eigenvalue weighted by Crippen LogP contribution is -2.43. The van der Waals surface area contributed by atoms with E-state index in [1.54, 1.807) is 20.8 Å². The fourth-order valence-corrected chi connectivity index (χ4v) is 6.42. The summed E-state index contributed by atoms with van der Waals surface area (Å²) in [4.78, 5) is 0. The van der Waals surface area contributed by atoms with Gasteiger partial charge in [0.05, 0.1) is 28.7 Å². The third kappa shape index (κ3) is 5.11. The van der Waals surface area contributed by atoms with Crippen LogP contribution >= 0.6 is 11.6 Å². The monoisotopic (exact) mass is 303 g/mol. The molecule has 0 aromatic carbocycles. The molecule has 0 radical (unpaired) electrons. The standard InChI is InChI=1S/C9H18ClNO4S2/c1-9(2,3)6-17(14,15)11-8-5-16(12,13)4-7(8)10/h7-8,11H,4-6H2,1-3H3. The molecule has 0 saturated carbocycles. The molecule has 1 rings (SSSR count). The van der Waals surface area contributed by atoms with Crippen LogP contribution in [0.25, 0.3) is 0 Å². The van der Waals surface area contributed by atoms with E-state index in [4.69, 9.17) is 11.6 Å². The molecule has 0 spiro atoms. The molecule has 1 fully saturated rings. The van der Waals surface area contributed by atoms with E-state index in [1.807, 2.05) is 0 Å². The van der Waals surface area contributed by atoms with Crippen molar-refractivity contribution in [2.24, 2.45) is 5.41 Å². The van der Waals surface area contributed by atoms with Gasteiger partial charge in [0.25, 0.3) is 0 Å². The summed E-state index contributed by atoms with van der Waals surface area (Å²) >= 11 is 5.83. The van der Waals surface area contributed by atoms with Crippen LogP contribution in [0.3, 0.4) is 0 Å². The first-order chi connectivity index (χ1) is 7.40. The van der Waals surface area contributed by atoms with E-state index in [-0.39, 0.29) is 22.7 Å². The topological polar surface area (TPSA) is 80.3 Å². The zero-order chi connectivity index (χ0) is 13.5. The largest absolute Gasteiger partial charge is 0.229 e. The van der Waals surface area contributed by atoms with Gasteiger partial charge >= 0.3 is 0 Å². The average Bonchev–Trinajstić information content (AvgIpc) is 2.17. The predicted molar refractivity (Wildman–Crippen MR) is 68.5 cm³/mol. The zero-order valence-electron chi connectivity index (χ0n) is 10.1. The smallest absolute Gasteiger partial charge is 0.212 e. The summed E-state index contributed by atoms with van der Waals surface area (Å²) in [5.41, 5.74) is -0.384. The third-order valence-electron chi connectivity index (χ3n) is 2.24. The summed E-state index contributed by atoms with van der Waals surface area (Å²) in [5.74, 6) is -0.443. The molecule has 1 heterocycles. The Kier molecular flexibility index (Phi) is 4.18. The summed E-state index contributed by atoms with van der Waals surface area (Å²) in [6.45, 7) is 5.40. The van der Waals surface area contributed by atoms with Crippen LogP contribution in [0.1, 0.15) is 20.8 Å². The number of halogens is 1. The summed E-state index contributed by atoms with van der Waals surface area (Å²) in [7, 11) is -6.72. The second-order valence-corrected chi connectivity index (χ2v) is 10.1. The number of rotatable bonds is 3. The van der Waals surface area contributed by atoms with Crippen LogP contribution in [0.5, 0.6) is 0 Å². The lowest BCUT2D eigenvalue weighted by Gasteiger charge is -2.21. The molecule has 1 N–H and O–H groups in total. The van der Waals surface area contributed by atoms with Gasteiger partial charge in [-0.15, -0.1) is 11.6 Å². The third-order valence-corrected chi connectivity index (χ3v) is 6.52. The summed E-state index contributed by atoms with van der Waals surface area (Å²) in [6.07, 6.45) is 0. The molecule has 0 bridgehead atoms. The van der Waals surface area contributed by atoms with E-state index in [0.29, 0.717) is 0 Å². The number of nitrogens with one attached hydrogen (secondary N) is 1. The van der Waals surface area contributed by atoms with Crippen molar-refractivity contribution < 1.29 is 16.8 Å². The first-order valence-electron chi connectivity index (χ1n) is 5.25. The number of sulfone groups is 1. The van der Waals surface area contributed by atoms with Crippen molar-refractivity contribution in [3.8, 4) is 0 Å². The fourth-order valence-electron chi connectivity index (χ4n) is 1.75. The minimum absolute atomic E-state index is 0.0554. The maximum Gasteiger partial charge on any atom is 0.212 e. The molecule has 17 heavy (non-hydrogen) atoms. The molecule has 2 unspecified atom stereocenters. The van der Waals surface area contributed by atoms with E-state index in [9.17, 15) is 16.8 Å². The molecular weight excluding hydrogens is 286 g/mol. The Hall–Kier alpha value is 0.150. The average molecular weight is 304 g/mol. The molecule has 0 aromatic heterocycles. The van der Waals surface area contributed by atoms with Gasteiger partial charge in [0.2, 0.25) is 10.0 Å². The van der Waals surface area contributed by atoms with Crippen molar-refractivity contribution >= 4 is 31.5 Å². The van der Waals surface area contributed by atoms with Gasteiger partial charge in [-0.2, -0.15) is 0 Å². The van der Waals surface area contributed by atoms with E-state index in [2.05, 4.69) is 4.72 Å². The normalized spacial score (nSPS) is 29.4. The molecule has 2 atom stereocenters. The predicted octanol–water partition coefficient (Wildman–Crippen LogP) is 0.356. The maximum absolute atomic E-state index is 11.8. The van der Waals surface area contributed by atoms with Crippen molar-refractivity contribution in [1.82, 2.24) is 4.72 Å². The van der Waals surface area contributed by atoms with Crippen molar-refractivity contribution in [2.45, 2.75) is 32.2 Å². The lowest BCUT2D eigenvalue weighted by atomic mass is 10.0. The SMILES string of the molecule is CC(C)(C)CS(=O)(=O)NC1CS(=O)(=O)CC1Cl. The van der Waals surface area contributed by atoms with Gasteiger partial charge in [-0.1, -0.05) is 20.8 Å². The molecule has 0 aliphatic carbocycles. The quantitative estimate of drug-likeness (QED) is 0.763. The maximum atomic E-state index is 11.8. The van der Waals surface area contributed by atoms with Crippen LogP contribution in [0.2, 0.25) is 0 Å². The van der Waals surface area contributed by atoms with E-state index >= 15 is 0 Å². The number of hydrogen-bond acceptors (Lipinski definition) is 4. The molecule has 0 aromatic rings. The number of hydrogen-bond donors (Lipinski definition) is 1. The summed E-state index contributed by atoms with van der Waals surface area (Å²) in [6, 6.07) is -0.714. The summed E-state index contributed by atoms with van der Waals surface area (Å²) < 4.78 is 48.6. The van der Waals surface area contributed by atoms with Gasteiger partial charge in [0, 0.05) is 0 Å². The van der Waals surface area contributed by atoms with Crippen LogP contribution in [0, 0.1) is 5.41 Å². The van der Waals surface area contributed by atoms with Crippen LogP contribution in [0.15, 0.2) is 0 Å². The van der Waals surface area contributed by atoms with Gasteiger partial charge < -0.3 is 0 Å². The van der Waals surface area contributed by atoms with Gasteiger partial charge in [0.15, 0.2) is 9.84 Å². The minimum Gasteiger partial charge on any atom is -0.229 e.